The molecule has 1 fully saturated rings. The van der Waals surface area contributed by atoms with E-state index in [0.29, 0.717) is 5.88 Å². The van der Waals surface area contributed by atoms with Gasteiger partial charge in [-0.1, -0.05) is 0 Å². The van der Waals surface area contributed by atoms with E-state index in [0.717, 1.165) is 31.2 Å². The standard InChI is InChI=1S/C8H12ClN3OS/c9-5-8(1-3-13-4-2-8)12-7-10-6-11-14-7/h6H,1-5H2,(H,10,11,12). The van der Waals surface area contributed by atoms with Crippen molar-refractivity contribution in [2.75, 3.05) is 24.4 Å². The first-order valence-corrected chi connectivity index (χ1v) is 5.84. The van der Waals surface area contributed by atoms with Crippen LogP contribution in [0.2, 0.25) is 0 Å². The molecular weight excluding hydrogens is 222 g/mol. The first-order valence-electron chi connectivity index (χ1n) is 4.53. The number of aromatic nitrogens is 2. The number of halogens is 1. The number of hydrogen-bond donors (Lipinski definition) is 1. The molecule has 2 heterocycles. The lowest BCUT2D eigenvalue weighted by atomic mass is 9.93. The third-order valence-corrected chi connectivity index (χ3v) is 3.53. The Morgan fingerprint density at radius 2 is 2.36 bits per heavy atom. The number of anilines is 1. The van der Waals surface area contributed by atoms with Crippen LogP contribution in [0.1, 0.15) is 12.8 Å². The molecule has 78 valence electrons. The Labute approximate surface area is 91.8 Å². The second-order valence-corrected chi connectivity index (χ2v) is 4.45. The fourth-order valence-electron chi connectivity index (χ4n) is 1.51. The third-order valence-electron chi connectivity index (χ3n) is 2.44. The molecule has 1 aliphatic heterocycles. The molecule has 0 atom stereocenters. The molecule has 0 aliphatic carbocycles. The zero-order valence-electron chi connectivity index (χ0n) is 7.70. The van der Waals surface area contributed by atoms with Crippen molar-refractivity contribution in [3.8, 4) is 0 Å². The van der Waals surface area contributed by atoms with Crippen molar-refractivity contribution in [3.63, 3.8) is 0 Å². The number of rotatable bonds is 3. The van der Waals surface area contributed by atoms with Crippen LogP contribution in [0, 0.1) is 0 Å². The molecule has 6 heteroatoms. The quantitative estimate of drug-likeness (QED) is 0.808. The first kappa shape index (κ1) is 10.1. The number of nitrogens with one attached hydrogen (secondary N) is 1. The summed E-state index contributed by atoms with van der Waals surface area (Å²) in [6.07, 6.45) is 3.40. The Kier molecular flexibility index (Phi) is 3.20. The molecule has 14 heavy (non-hydrogen) atoms. The zero-order valence-corrected chi connectivity index (χ0v) is 9.27. The van der Waals surface area contributed by atoms with E-state index in [1.807, 2.05) is 0 Å². The lowest BCUT2D eigenvalue weighted by Gasteiger charge is -2.35. The van der Waals surface area contributed by atoms with Gasteiger partial charge in [-0.2, -0.15) is 4.37 Å². The summed E-state index contributed by atoms with van der Waals surface area (Å²) in [4.78, 5) is 4.10. The average molecular weight is 234 g/mol. The van der Waals surface area contributed by atoms with Gasteiger partial charge in [-0.25, -0.2) is 4.98 Å². The molecule has 0 amide bonds. The summed E-state index contributed by atoms with van der Waals surface area (Å²) in [5.41, 5.74) is -0.0562. The second kappa shape index (κ2) is 4.42. The Morgan fingerprint density at radius 1 is 1.57 bits per heavy atom. The van der Waals surface area contributed by atoms with Gasteiger partial charge in [0.2, 0.25) is 5.13 Å². The van der Waals surface area contributed by atoms with E-state index in [1.54, 1.807) is 6.33 Å². The summed E-state index contributed by atoms with van der Waals surface area (Å²) < 4.78 is 9.26. The molecule has 1 aromatic rings. The van der Waals surface area contributed by atoms with Crippen LogP contribution < -0.4 is 5.32 Å². The van der Waals surface area contributed by atoms with Crippen LogP contribution in [-0.2, 0) is 4.74 Å². The Hall–Kier alpha value is -0.390. The summed E-state index contributed by atoms with van der Waals surface area (Å²) in [7, 11) is 0. The molecule has 1 aliphatic rings. The van der Waals surface area contributed by atoms with Crippen molar-refractivity contribution < 1.29 is 4.74 Å². The number of hydrogen-bond acceptors (Lipinski definition) is 5. The highest BCUT2D eigenvalue weighted by atomic mass is 35.5. The minimum Gasteiger partial charge on any atom is -0.381 e. The monoisotopic (exact) mass is 233 g/mol. The van der Waals surface area contributed by atoms with Gasteiger partial charge in [0, 0.05) is 30.6 Å². The van der Waals surface area contributed by atoms with Crippen LogP contribution in [0.3, 0.4) is 0 Å². The van der Waals surface area contributed by atoms with E-state index in [2.05, 4.69) is 14.7 Å². The van der Waals surface area contributed by atoms with Gasteiger partial charge < -0.3 is 10.1 Å². The van der Waals surface area contributed by atoms with Gasteiger partial charge in [0.25, 0.3) is 0 Å². The highest BCUT2D eigenvalue weighted by Crippen LogP contribution is 2.27. The molecule has 0 bridgehead atoms. The highest BCUT2D eigenvalue weighted by molar-refractivity contribution is 7.09. The average Bonchev–Trinajstić information content (AvgIpc) is 2.72. The third kappa shape index (κ3) is 2.16. The molecule has 1 N–H and O–H groups in total. The molecule has 0 radical (unpaired) electrons. The van der Waals surface area contributed by atoms with Crippen LogP contribution in [0.4, 0.5) is 5.13 Å². The van der Waals surface area contributed by atoms with Crippen molar-refractivity contribution in [3.05, 3.63) is 6.33 Å². The molecule has 4 nitrogen and oxygen atoms in total. The van der Waals surface area contributed by atoms with E-state index < -0.39 is 0 Å². The summed E-state index contributed by atoms with van der Waals surface area (Å²) >= 11 is 7.35. The van der Waals surface area contributed by atoms with Crippen LogP contribution in [0.25, 0.3) is 0 Å². The van der Waals surface area contributed by atoms with E-state index in [1.165, 1.54) is 11.5 Å². The van der Waals surface area contributed by atoms with Gasteiger partial charge in [-0.3, -0.25) is 0 Å². The normalized spacial score (nSPS) is 20.6. The topological polar surface area (TPSA) is 47.0 Å². The second-order valence-electron chi connectivity index (χ2n) is 3.40. The fourth-order valence-corrected chi connectivity index (χ4v) is 2.39. The predicted octanol–water partition coefficient (Wildman–Crippen LogP) is 1.74. The van der Waals surface area contributed by atoms with Crippen molar-refractivity contribution in [2.24, 2.45) is 0 Å². The molecule has 1 aromatic heterocycles. The number of alkyl halides is 1. The maximum atomic E-state index is 5.99. The van der Waals surface area contributed by atoms with Crippen molar-refractivity contribution in [2.45, 2.75) is 18.4 Å². The summed E-state index contributed by atoms with van der Waals surface area (Å²) in [6.45, 7) is 1.52. The zero-order chi connectivity index (χ0) is 9.86. The highest BCUT2D eigenvalue weighted by Gasteiger charge is 2.32. The van der Waals surface area contributed by atoms with E-state index >= 15 is 0 Å². The molecule has 0 unspecified atom stereocenters. The fraction of sp³-hybridized carbons (Fsp3) is 0.750. The SMILES string of the molecule is ClCC1(Nc2ncns2)CCOCC1. The lowest BCUT2D eigenvalue weighted by molar-refractivity contribution is 0.0668. The van der Waals surface area contributed by atoms with E-state index in [9.17, 15) is 0 Å². The minimum absolute atomic E-state index is 0.0562. The van der Waals surface area contributed by atoms with Gasteiger partial charge in [0.1, 0.15) is 6.33 Å². The smallest absolute Gasteiger partial charge is 0.202 e. The first-order chi connectivity index (χ1) is 6.85. The van der Waals surface area contributed by atoms with Crippen LogP contribution >= 0.6 is 23.1 Å². The van der Waals surface area contributed by atoms with E-state index in [-0.39, 0.29) is 5.54 Å². The van der Waals surface area contributed by atoms with Crippen LogP contribution in [0.5, 0.6) is 0 Å². The van der Waals surface area contributed by atoms with Gasteiger partial charge in [-0.05, 0) is 12.8 Å². The van der Waals surface area contributed by atoms with Gasteiger partial charge in [0.15, 0.2) is 0 Å². The Morgan fingerprint density at radius 3 is 2.93 bits per heavy atom. The predicted molar refractivity (Wildman–Crippen MR) is 57.0 cm³/mol. The maximum Gasteiger partial charge on any atom is 0.202 e. The maximum absolute atomic E-state index is 5.99. The summed E-state index contributed by atoms with van der Waals surface area (Å²) in [6, 6.07) is 0. The summed E-state index contributed by atoms with van der Waals surface area (Å²) in [5.74, 6) is 0.579. The minimum atomic E-state index is -0.0562. The molecule has 0 aromatic carbocycles. The Bertz CT molecular complexity index is 274. The molecule has 0 spiro atoms. The van der Waals surface area contributed by atoms with Crippen LogP contribution in [0.15, 0.2) is 6.33 Å². The Balaban J connectivity index is 2.04. The lowest BCUT2D eigenvalue weighted by Crippen LogP contribution is -2.45. The molecule has 0 saturated carbocycles. The van der Waals surface area contributed by atoms with Crippen molar-refractivity contribution >= 4 is 28.3 Å². The number of nitrogens with zero attached hydrogens (tertiary/aromatic N) is 2. The molecular formula is C8H12ClN3OS. The molecule has 2 rings (SSSR count). The van der Waals surface area contributed by atoms with Crippen molar-refractivity contribution in [1.82, 2.24) is 9.36 Å². The largest absolute Gasteiger partial charge is 0.381 e. The summed E-state index contributed by atoms with van der Waals surface area (Å²) in [5, 5.41) is 4.20. The van der Waals surface area contributed by atoms with E-state index in [4.69, 9.17) is 16.3 Å². The molecule has 1 saturated heterocycles. The van der Waals surface area contributed by atoms with Gasteiger partial charge in [0.05, 0.1) is 5.54 Å². The number of ether oxygens (including phenoxy) is 1. The van der Waals surface area contributed by atoms with Crippen LogP contribution in [-0.4, -0.2) is 34.0 Å². The van der Waals surface area contributed by atoms with Gasteiger partial charge >= 0.3 is 0 Å². The van der Waals surface area contributed by atoms with Gasteiger partial charge in [-0.15, -0.1) is 11.6 Å². The van der Waals surface area contributed by atoms with Crippen molar-refractivity contribution in [1.29, 1.82) is 0 Å².